The monoisotopic (exact) mass is 276 g/mol. The molecule has 7 nitrogen and oxygen atoms in total. The lowest BCUT2D eigenvalue weighted by molar-refractivity contribution is -0.142. The molecule has 1 aromatic rings. The molecule has 0 saturated heterocycles. The van der Waals surface area contributed by atoms with Crippen LogP contribution in [-0.2, 0) is 17.8 Å². The number of terminal acetylenes is 1. The summed E-state index contributed by atoms with van der Waals surface area (Å²) < 4.78 is 0. The Morgan fingerprint density at radius 1 is 1.75 bits per heavy atom. The Morgan fingerprint density at radius 2 is 2.50 bits per heavy atom. The number of hydrogen-bond acceptors (Lipinski definition) is 3. The topological polar surface area (TPSA) is 98.3 Å². The summed E-state index contributed by atoms with van der Waals surface area (Å²) in [5.74, 6) is 1.40. The zero-order valence-electron chi connectivity index (χ0n) is 11.1. The van der Waals surface area contributed by atoms with Crippen molar-refractivity contribution in [3.8, 4) is 12.3 Å². The van der Waals surface area contributed by atoms with Gasteiger partial charge in [-0.05, 0) is 6.42 Å². The van der Waals surface area contributed by atoms with Crippen LogP contribution in [0.2, 0.25) is 0 Å². The van der Waals surface area contributed by atoms with Gasteiger partial charge in [0.2, 0.25) is 0 Å². The number of amides is 2. The molecule has 0 fully saturated rings. The number of nitrogens with zero attached hydrogens (tertiary/aromatic N) is 2. The van der Waals surface area contributed by atoms with E-state index in [0.29, 0.717) is 12.1 Å². The third-order valence-corrected chi connectivity index (χ3v) is 3.35. The molecule has 0 radical (unpaired) electrons. The van der Waals surface area contributed by atoms with Crippen molar-refractivity contribution < 1.29 is 14.7 Å². The van der Waals surface area contributed by atoms with Crippen LogP contribution in [0.25, 0.3) is 0 Å². The molecule has 2 heterocycles. The average Bonchev–Trinajstić information content (AvgIpc) is 2.90. The van der Waals surface area contributed by atoms with Crippen LogP contribution in [0.3, 0.4) is 0 Å². The lowest BCUT2D eigenvalue weighted by Crippen LogP contribution is -2.54. The van der Waals surface area contributed by atoms with E-state index in [9.17, 15) is 14.7 Å². The Kier molecular flexibility index (Phi) is 3.94. The highest BCUT2D eigenvalue weighted by molar-refractivity contribution is 5.83. The first kappa shape index (κ1) is 13.9. The van der Waals surface area contributed by atoms with Crippen molar-refractivity contribution in [2.24, 2.45) is 0 Å². The number of rotatable bonds is 3. The molecule has 2 rings (SSSR count). The summed E-state index contributed by atoms with van der Waals surface area (Å²) in [6, 6.07) is -1.80. The van der Waals surface area contributed by atoms with Gasteiger partial charge in [-0.25, -0.2) is 14.6 Å². The van der Waals surface area contributed by atoms with Crippen LogP contribution in [0.1, 0.15) is 24.7 Å². The molecular formula is C13H16N4O3. The van der Waals surface area contributed by atoms with Gasteiger partial charge in [-0.3, -0.25) is 0 Å². The fraction of sp³-hybridized carbons (Fsp3) is 0.462. The van der Waals surface area contributed by atoms with E-state index in [1.165, 1.54) is 11.2 Å². The molecule has 2 amide bonds. The maximum absolute atomic E-state index is 12.2. The van der Waals surface area contributed by atoms with Gasteiger partial charge in [0.1, 0.15) is 6.04 Å². The molecule has 0 bridgehead atoms. The predicted molar refractivity (Wildman–Crippen MR) is 70.7 cm³/mol. The number of fused-ring (bicyclic) bond motifs is 1. The Labute approximate surface area is 116 Å². The number of urea groups is 1. The molecular weight excluding hydrogens is 260 g/mol. The van der Waals surface area contributed by atoms with Crippen molar-refractivity contribution >= 4 is 12.0 Å². The number of nitrogens with one attached hydrogen (secondary N) is 2. The van der Waals surface area contributed by atoms with E-state index >= 15 is 0 Å². The highest BCUT2D eigenvalue weighted by Crippen LogP contribution is 2.21. The summed E-state index contributed by atoms with van der Waals surface area (Å²) >= 11 is 0. The van der Waals surface area contributed by atoms with Crippen molar-refractivity contribution in [2.75, 3.05) is 0 Å². The number of aromatic amines is 1. The number of carboxylic acid groups (broad SMARTS) is 1. The number of H-pyrrole nitrogens is 1. The molecule has 0 saturated carbocycles. The van der Waals surface area contributed by atoms with E-state index in [4.69, 9.17) is 6.42 Å². The first-order valence-corrected chi connectivity index (χ1v) is 6.34. The van der Waals surface area contributed by atoms with Crippen LogP contribution in [-0.4, -0.2) is 44.1 Å². The maximum atomic E-state index is 12.2. The Morgan fingerprint density at radius 3 is 3.10 bits per heavy atom. The third kappa shape index (κ3) is 2.59. The molecule has 1 aliphatic rings. The number of carbonyl (C=O) groups excluding carboxylic acids is 1. The molecule has 0 spiro atoms. The SMILES string of the molecule is C#CC(CC)NC(=O)N1Cc2[nH]cnc2CC1C(=O)O. The summed E-state index contributed by atoms with van der Waals surface area (Å²) in [4.78, 5) is 31.8. The minimum Gasteiger partial charge on any atom is -0.480 e. The molecule has 2 unspecified atom stereocenters. The maximum Gasteiger partial charge on any atom is 0.326 e. The number of hydrogen-bond donors (Lipinski definition) is 3. The number of aromatic nitrogens is 2. The molecule has 20 heavy (non-hydrogen) atoms. The lowest BCUT2D eigenvalue weighted by Gasteiger charge is -2.33. The second-order valence-electron chi connectivity index (χ2n) is 4.59. The van der Waals surface area contributed by atoms with Gasteiger partial charge in [0.25, 0.3) is 0 Å². The Hall–Kier alpha value is -2.49. The van der Waals surface area contributed by atoms with Crippen LogP contribution < -0.4 is 5.32 Å². The zero-order valence-corrected chi connectivity index (χ0v) is 11.1. The van der Waals surface area contributed by atoms with Gasteiger partial charge in [-0.1, -0.05) is 12.8 Å². The van der Waals surface area contributed by atoms with Gasteiger partial charge in [-0.2, -0.15) is 0 Å². The first-order chi connectivity index (χ1) is 9.56. The minimum absolute atomic E-state index is 0.180. The smallest absolute Gasteiger partial charge is 0.326 e. The van der Waals surface area contributed by atoms with Crippen LogP contribution in [0.5, 0.6) is 0 Å². The van der Waals surface area contributed by atoms with Crippen molar-refractivity contribution in [3.05, 3.63) is 17.7 Å². The summed E-state index contributed by atoms with van der Waals surface area (Å²) in [5.41, 5.74) is 1.44. The molecule has 1 aliphatic heterocycles. The van der Waals surface area contributed by atoms with Crippen molar-refractivity contribution in [1.82, 2.24) is 20.2 Å². The average molecular weight is 276 g/mol. The summed E-state index contributed by atoms with van der Waals surface area (Å²) in [5, 5.41) is 11.9. The fourth-order valence-electron chi connectivity index (χ4n) is 2.16. The van der Waals surface area contributed by atoms with E-state index in [2.05, 4.69) is 21.2 Å². The number of aliphatic carboxylic acids is 1. The second-order valence-corrected chi connectivity index (χ2v) is 4.59. The van der Waals surface area contributed by atoms with E-state index in [0.717, 1.165) is 5.69 Å². The predicted octanol–water partition coefficient (Wildman–Crippen LogP) is 0.342. The summed E-state index contributed by atoms with van der Waals surface area (Å²) in [6.07, 6.45) is 7.58. The Balaban J connectivity index is 2.18. The normalized spacial score (nSPS) is 18.8. The quantitative estimate of drug-likeness (QED) is 0.693. The first-order valence-electron chi connectivity index (χ1n) is 6.34. The van der Waals surface area contributed by atoms with E-state index in [-0.39, 0.29) is 13.0 Å². The van der Waals surface area contributed by atoms with E-state index < -0.39 is 24.1 Å². The molecule has 0 aromatic carbocycles. The van der Waals surface area contributed by atoms with Gasteiger partial charge in [0.15, 0.2) is 0 Å². The van der Waals surface area contributed by atoms with E-state index in [1.807, 2.05) is 6.92 Å². The molecule has 1 aromatic heterocycles. The van der Waals surface area contributed by atoms with Gasteiger partial charge in [-0.15, -0.1) is 6.42 Å². The van der Waals surface area contributed by atoms with E-state index in [1.54, 1.807) is 0 Å². The molecule has 2 atom stereocenters. The zero-order chi connectivity index (χ0) is 14.7. The van der Waals surface area contributed by atoms with Crippen LogP contribution in [0.15, 0.2) is 6.33 Å². The van der Waals surface area contributed by atoms with Crippen molar-refractivity contribution in [3.63, 3.8) is 0 Å². The molecule has 0 aliphatic carbocycles. The van der Waals surface area contributed by atoms with Crippen LogP contribution >= 0.6 is 0 Å². The second kappa shape index (κ2) is 5.65. The Bertz CT molecular complexity index is 560. The van der Waals surface area contributed by atoms with Crippen LogP contribution in [0, 0.1) is 12.3 Å². The van der Waals surface area contributed by atoms with Gasteiger partial charge < -0.3 is 20.3 Å². The molecule has 7 heteroatoms. The molecule has 106 valence electrons. The third-order valence-electron chi connectivity index (χ3n) is 3.35. The van der Waals surface area contributed by atoms with Crippen molar-refractivity contribution in [1.29, 1.82) is 0 Å². The number of carboxylic acids is 1. The van der Waals surface area contributed by atoms with Gasteiger partial charge in [0.05, 0.1) is 30.3 Å². The number of imidazole rings is 1. The number of carbonyl (C=O) groups is 2. The summed E-state index contributed by atoms with van der Waals surface area (Å²) in [7, 11) is 0. The highest BCUT2D eigenvalue weighted by atomic mass is 16.4. The van der Waals surface area contributed by atoms with Crippen molar-refractivity contribution in [2.45, 2.75) is 38.4 Å². The molecule has 3 N–H and O–H groups in total. The highest BCUT2D eigenvalue weighted by Gasteiger charge is 2.36. The standard InChI is InChI=1S/C13H16N4O3/c1-3-8(4-2)16-13(20)17-6-10-9(14-7-15-10)5-11(17)12(18)19/h1,7-8,11H,4-6H2,2H3,(H,14,15)(H,16,20)(H,18,19). The fourth-order valence-corrected chi connectivity index (χ4v) is 2.16. The van der Waals surface area contributed by atoms with Crippen LogP contribution in [0.4, 0.5) is 4.79 Å². The summed E-state index contributed by atoms with van der Waals surface area (Å²) in [6.45, 7) is 2.03. The largest absolute Gasteiger partial charge is 0.480 e. The minimum atomic E-state index is -1.05. The lowest BCUT2D eigenvalue weighted by atomic mass is 10.0. The van der Waals surface area contributed by atoms with Gasteiger partial charge >= 0.3 is 12.0 Å². The van der Waals surface area contributed by atoms with Gasteiger partial charge in [0, 0.05) is 6.42 Å².